The Morgan fingerprint density at radius 3 is 3.10 bits per heavy atom. The minimum Gasteiger partial charge on any atom is -0.508 e. The quantitative estimate of drug-likeness (QED) is 0.904. The number of nitrogens with zero attached hydrogens (tertiary/aromatic N) is 2. The molecule has 0 fully saturated rings. The first-order chi connectivity index (χ1) is 10.1. The molecule has 0 saturated carbocycles. The molecule has 0 bridgehead atoms. The molecule has 1 aromatic carbocycles. The van der Waals surface area contributed by atoms with Crippen LogP contribution in [-0.2, 0) is 24.7 Å². The number of aromatic nitrogens is 2. The molecule has 2 N–H and O–H groups in total. The summed E-state index contributed by atoms with van der Waals surface area (Å²) >= 11 is 0. The van der Waals surface area contributed by atoms with Crippen LogP contribution in [0.25, 0.3) is 0 Å². The molecule has 0 radical (unpaired) electrons. The molecule has 2 aromatic rings. The fourth-order valence-corrected chi connectivity index (χ4v) is 2.93. The van der Waals surface area contributed by atoms with Gasteiger partial charge in [0.2, 0.25) is 5.91 Å². The molecule has 1 unspecified atom stereocenters. The summed E-state index contributed by atoms with van der Waals surface area (Å²) in [6, 6.07) is 6.97. The number of amides is 1. The average Bonchev–Trinajstić information content (AvgIpc) is 2.84. The van der Waals surface area contributed by atoms with Gasteiger partial charge in [0, 0.05) is 23.9 Å². The Kier molecular flexibility index (Phi) is 3.64. The Morgan fingerprint density at radius 2 is 2.29 bits per heavy atom. The SMILES string of the molecule is Cn1ncc2c1CCCC2NC(=O)Cc1ccccc1O. The summed E-state index contributed by atoms with van der Waals surface area (Å²) in [6.07, 6.45) is 5.04. The van der Waals surface area contributed by atoms with Crippen molar-refractivity contribution in [2.24, 2.45) is 7.05 Å². The fourth-order valence-electron chi connectivity index (χ4n) is 2.93. The lowest BCUT2D eigenvalue weighted by Crippen LogP contribution is -2.32. The lowest BCUT2D eigenvalue weighted by molar-refractivity contribution is -0.121. The van der Waals surface area contributed by atoms with E-state index in [1.807, 2.05) is 24.0 Å². The lowest BCUT2D eigenvalue weighted by atomic mass is 9.93. The number of carbonyl (C=O) groups is 1. The molecule has 1 atom stereocenters. The van der Waals surface area contributed by atoms with Crippen LogP contribution in [0, 0.1) is 0 Å². The number of rotatable bonds is 3. The number of phenolic OH excluding ortho intramolecular Hbond substituents is 1. The second-order valence-corrected chi connectivity index (χ2v) is 5.49. The maximum atomic E-state index is 12.2. The smallest absolute Gasteiger partial charge is 0.225 e. The van der Waals surface area contributed by atoms with Crippen molar-refractivity contribution in [2.45, 2.75) is 31.7 Å². The van der Waals surface area contributed by atoms with Crippen LogP contribution in [0.2, 0.25) is 0 Å². The summed E-state index contributed by atoms with van der Waals surface area (Å²) in [5, 5.41) is 17.1. The molecule has 5 heteroatoms. The minimum absolute atomic E-state index is 0.0285. The Bertz CT molecular complexity index is 663. The van der Waals surface area contributed by atoms with Gasteiger partial charge in [-0.1, -0.05) is 18.2 Å². The third kappa shape index (κ3) is 2.77. The van der Waals surface area contributed by atoms with E-state index in [2.05, 4.69) is 10.4 Å². The highest BCUT2D eigenvalue weighted by molar-refractivity contribution is 5.79. The van der Waals surface area contributed by atoms with Crippen molar-refractivity contribution in [3.05, 3.63) is 47.3 Å². The van der Waals surface area contributed by atoms with Crippen LogP contribution in [0.15, 0.2) is 30.5 Å². The van der Waals surface area contributed by atoms with E-state index >= 15 is 0 Å². The Morgan fingerprint density at radius 1 is 1.48 bits per heavy atom. The van der Waals surface area contributed by atoms with Crippen molar-refractivity contribution in [1.29, 1.82) is 0 Å². The highest BCUT2D eigenvalue weighted by Gasteiger charge is 2.24. The third-order valence-corrected chi connectivity index (χ3v) is 4.05. The molecule has 1 heterocycles. The summed E-state index contributed by atoms with van der Waals surface area (Å²) in [5.74, 6) is 0.0940. The zero-order valence-electron chi connectivity index (χ0n) is 12.0. The molecule has 0 saturated heterocycles. The van der Waals surface area contributed by atoms with Crippen molar-refractivity contribution in [3.8, 4) is 5.75 Å². The second kappa shape index (κ2) is 5.60. The molecule has 110 valence electrons. The summed E-state index contributed by atoms with van der Waals surface area (Å²) in [5.41, 5.74) is 2.97. The van der Waals surface area contributed by atoms with Gasteiger partial charge in [-0.15, -0.1) is 0 Å². The van der Waals surface area contributed by atoms with Gasteiger partial charge >= 0.3 is 0 Å². The van der Waals surface area contributed by atoms with Gasteiger partial charge in [0.05, 0.1) is 18.7 Å². The number of nitrogens with one attached hydrogen (secondary N) is 1. The summed E-state index contributed by atoms with van der Waals surface area (Å²) in [4.78, 5) is 12.2. The van der Waals surface area contributed by atoms with Crippen molar-refractivity contribution < 1.29 is 9.90 Å². The first-order valence-corrected chi connectivity index (χ1v) is 7.22. The van der Waals surface area contributed by atoms with Crippen LogP contribution in [0.5, 0.6) is 5.75 Å². The summed E-state index contributed by atoms with van der Waals surface area (Å²) < 4.78 is 1.89. The van der Waals surface area contributed by atoms with E-state index in [9.17, 15) is 9.90 Å². The molecule has 1 aliphatic carbocycles. The van der Waals surface area contributed by atoms with Gasteiger partial charge in [-0.25, -0.2) is 0 Å². The molecule has 5 nitrogen and oxygen atoms in total. The molecule has 1 aromatic heterocycles. The van der Waals surface area contributed by atoms with Crippen LogP contribution < -0.4 is 5.32 Å². The van der Waals surface area contributed by atoms with E-state index in [1.165, 1.54) is 5.69 Å². The molecule has 0 aliphatic heterocycles. The van der Waals surface area contributed by atoms with Gasteiger partial charge in [-0.2, -0.15) is 5.10 Å². The number of benzene rings is 1. The van der Waals surface area contributed by atoms with Crippen molar-refractivity contribution in [3.63, 3.8) is 0 Å². The van der Waals surface area contributed by atoms with E-state index in [0.29, 0.717) is 5.56 Å². The maximum Gasteiger partial charge on any atom is 0.225 e. The molecule has 21 heavy (non-hydrogen) atoms. The van der Waals surface area contributed by atoms with Gasteiger partial charge in [-0.3, -0.25) is 9.48 Å². The van der Waals surface area contributed by atoms with Crippen molar-refractivity contribution in [1.82, 2.24) is 15.1 Å². The van der Waals surface area contributed by atoms with E-state index < -0.39 is 0 Å². The lowest BCUT2D eigenvalue weighted by Gasteiger charge is -2.23. The van der Waals surface area contributed by atoms with Crippen LogP contribution in [-0.4, -0.2) is 20.8 Å². The second-order valence-electron chi connectivity index (χ2n) is 5.49. The van der Waals surface area contributed by atoms with Crippen LogP contribution in [0.4, 0.5) is 0 Å². The molecular weight excluding hydrogens is 266 g/mol. The first-order valence-electron chi connectivity index (χ1n) is 7.22. The maximum absolute atomic E-state index is 12.2. The number of hydrogen-bond donors (Lipinski definition) is 2. The largest absolute Gasteiger partial charge is 0.508 e. The van der Waals surface area contributed by atoms with Crippen molar-refractivity contribution >= 4 is 5.91 Å². The minimum atomic E-state index is -0.0711. The van der Waals surface area contributed by atoms with Crippen LogP contribution in [0.1, 0.15) is 35.7 Å². The number of carbonyl (C=O) groups excluding carboxylic acids is 1. The number of fused-ring (bicyclic) bond motifs is 1. The average molecular weight is 285 g/mol. The number of aromatic hydroxyl groups is 1. The van der Waals surface area contributed by atoms with Crippen LogP contribution >= 0.6 is 0 Å². The molecule has 3 rings (SSSR count). The van der Waals surface area contributed by atoms with E-state index in [0.717, 1.165) is 24.8 Å². The number of aryl methyl sites for hydroxylation is 1. The predicted octanol–water partition coefficient (Wildman–Crippen LogP) is 1.86. The topological polar surface area (TPSA) is 67.2 Å². The molecule has 1 aliphatic rings. The molecular formula is C16H19N3O2. The first kappa shape index (κ1) is 13.7. The number of phenols is 1. The van der Waals surface area contributed by atoms with Gasteiger partial charge in [0.15, 0.2) is 0 Å². The van der Waals surface area contributed by atoms with Gasteiger partial charge in [0.25, 0.3) is 0 Å². The highest BCUT2D eigenvalue weighted by atomic mass is 16.3. The monoisotopic (exact) mass is 285 g/mol. The molecule has 1 amide bonds. The van der Waals surface area contributed by atoms with Gasteiger partial charge < -0.3 is 10.4 Å². The van der Waals surface area contributed by atoms with Crippen molar-refractivity contribution in [2.75, 3.05) is 0 Å². The summed E-state index contributed by atoms with van der Waals surface area (Å²) in [7, 11) is 1.94. The normalized spacial score (nSPS) is 17.3. The fraction of sp³-hybridized carbons (Fsp3) is 0.375. The highest BCUT2D eigenvalue weighted by Crippen LogP contribution is 2.29. The van der Waals surface area contributed by atoms with Gasteiger partial charge in [-0.05, 0) is 25.3 Å². The van der Waals surface area contributed by atoms with E-state index in [-0.39, 0.29) is 24.1 Å². The molecule has 0 spiro atoms. The van der Waals surface area contributed by atoms with E-state index in [4.69, 9.17) is 0 Å². The van der Waals surface area contributed by atoms with E-state index in [1.54, 1.807) is 18.2 Å². The predicted molar refractivity (Wildman–Crippen MR) is 78.8 cm³/mol. The standard InChI is InChI=1S/C16H19N3O2/c1-19-14-7-4-6-13(12(14)10-17-19)18-16(21)9-11-5-2-3-8-15(11)20/h2-3,5,8,10,13,20H,4,6-7,9H2,1H3,(H,18,21). The van der Waals surface area contributed by atoms with Gasteiger partial charge in [0.1, 0.15) is 5.75 Å². The zero-order valence-corrected chi connectivity index (χ0v) is 12.0. The number of hydrogen-bond acceptors (Lipinski definition) is 3. The Labute approximate surface area is 123 Å². The third-order valence-electron chi connectivity index (χ3n) is 4.05. The van der Waals surface area contributed by atoms with Crippen LogP contribution in [0.3, 0.4) is 0 Å². The number of para-hydroxylation sites is 1. The Balaban J connectivity index is 1.70. The Hall–Kier alpha value is -2.30. The summed E-state index contributed by atoms with van der Waals surface area (Å²) in [6.45, 7) is 0. The zero-order chi connectivity index (χ0) is 14.8.